The van der Waals surface area contributed by atoms with E-state index in [9.17, 15) is 18.0 Å². The van der Waals surface area contributed by atoms with Crippen LogP contribution in [0.2, 0.25) is 0 Å². The van der Waals surface area contributed by atoms with E-state index in [4.69, 9.17) is 9.47 Å². The highest BCUT2D eigenvalue weighted by Gasteiger charge is 2.19. The number of fused-ring (bicyclic) bond motifs is 1. The van der Waals surface area contributed by atoms with Crippen molar-refractivity contribution in [1.82, 2.24) is 9.55 Å². The number of amides is 1. The van der Waals surface area contributed by atoms with E-state index in [1.165, 1.54) is 41.2 Å². The van der Waals surface area contributed by atoms with Gasteiger partial charge < -0.3 is 14.8 Å². The van der Waals surface area contributed by atoms with E-state index in [2.05, 4.69) is 15.0 Å². The molecule has 32 heavy (non-hydrogen) atoms. The van der Waals surface area contributed by atoms with Gasteiger partial charge in [0, 0.05) is 36.3 Å². The van der Waals surface area contributed by atoms with Crippen LogP contribution in [-0.4, -0.2) is 37.1 Å². The minimum Gasteiger partial charge on any atom is -0.490 e. The van der Waals surface area contributed by atoms with Crippen molar-refractivity contribution in [3.63, 3.8) is 0 Å². The van der Waals surface area contributed by atoms with Gasteiger partial charge in [-0.3, -0.25) is 14.1 Å². The van der Waals surface area contributed by atoms with Crippen LogP contribution in [0.1, 0.15) is 6.42 Å². The number of rotatable bonds is 6. The Hall–Kier alpha value is -3.86. The molecule has 2 heterocycles. The minimum absolute atomic E-state index is 0.0426. The van der Waals surface area contributed by atoms with Crippen LogP contribution in [0.3, 0.4) is 0 Å². The molecular formula is C21H20N4O6S. The molecule has 0 radical (unpaired) electrons. The topological polar surface area (TPSA) is 129 Å². The van der Waals surface area contributed by atoms with Gasteiger partial charge in [-0.15, -0.1) is 0 Å². The summed E-state index contributed by atoms with van der Waals surface area (Å²) in [5.74, 6) is 0.479. The number of benzene rings is 2. The maximum absolute atomic E-state index is 12.8. The van der Waals surface area contributed by atoms with Crippen molar-refractivity contribution >= 4 is 27.3 Å². The third-order valence-electron chi connectivity index (χ3n) is 4.55. The predicted octanol–water partition coefficient (Wildman–Crippen LogP) is 1.84. The molecule has 11 heteroatoms. The highest BCUT2D eigenvalue weighted by Crippen LogP contribution is 2.32. The fourth-order valence-electron chi connectivity index (χ4n) is 3.01. The Kier molecular flexibility index (Phi) is 6.08. The fraction of sp³-hybridized carbons (Fsp3) is 0.190. The Morgan fingerprint density at radius 3 is 2.50 bits per heavy atom. The smallest absolute Gasteiger partial charge is 0.347 e. The highest BCUT2D eigenvalue weighted by atomic mass is 32.2. The van der Waals surface area contributed by atoms with Gasteiger partial charge in [0.25, 0.3) is 10.0 Å². The first-order valence-corrected chi connectivity index (χ1v) is 11.2. The molecule has 10 nitrogen and oxygen atoms in total. The second-order valence-electron chi connectivity index (χ2n) is 6.92. The predicted molar refractivity (Wildman–Crippen MR) is 116 cm³/mol. The molecule has 0 unspecified atom stereocenters. The number of carbonyl (C=O) groups is 1. The molecule has 0 saturated heterocycles. The van der Waals surface area contributed by atoms with E-state index in [1.807, 2.05) is 0 Å². The first-order valence-electron chi connectivity index (χ1n) is 9.74. The van der Waals surface area contributed by atoms with Crippen molar-refractivity contribution < 1.29 is 22.7 Å². The number of carbonyl (C=O) groups excluding carboxylic acids is 1. The van der Waals surface area contributed by atoms with Crippen LogP contribution in [-0.2, 0) is 21.4 Å². The zero-order valence-electron chi connectivity index (χ0n) is 16.9. The lowest BCUT2D eigenvalue weighted by molar-refractivity contribution is -0.116. The van der Waals surface area contributed by atoms with Crippen LogP contribution < -0.4 is 25.2 Å². The van der Waals surface area contributed by atoms with Gasteiger partial charge in [0.05, 0.1) is 18.1 Å². The molecule has 1 amide bonds. The van der Waals surface area contributed by atoms with Gasteiger partial charge in [0.1, 0.15) is 6.54 Å². The largest absolute Gasteiger partial charge is 0.490 e. The highest BCUT2D eigenvalue weighted by molar-refractivity contribution is 7.92. The van der Waals surface area contributed by atoms with Crippen LogP contribution in [0.25, 0.3) is 0 Å². The molecule has 0 spiro atoms. The summed E-state index contributed by atoms with van der Waals surface area (Å²) in [6.45, 7) is 0.775. The molecule has 0 atom stereocenters. The van der Waals surface area contributed by atoms with Crippen molar-refractivity contribution in [2.75, 3.05) is 23.3 Å². The van der Waals surface area contributed by atoms with Crippen LogP contribution in [0.15, 0.2) is 70.6 Å². The van der Waals surface area contributed by atoms with Gasteiger partial charge in [-0.1, -0.05) is 0 Å². The van der Waals surface area contributed by atoms with Crippen molar-refractivity contribution in [3.05, 3.63) is 71.4 Å². The number of ether oxygens (including phenoxy) is 2. The van der Waals surface area contributed by atoms with Crippen LogP contribution >= 0.6 is 0 Å². The second-order valence-corrected chi connectivity index (χ2v) is 8.60. The minimum atomic E-state index is -3.86. The quantitative estimate of drug-likeness (QED) is 0.579. The molecule has 0 saturated carbocycles. The SMILES string of the molecule is O=C(Cn1cccnc1=O)Nc1ccc(NS(=O)(=O)c2ccc3c(c2)OCCCO3)cc1. The van der Waals surface area contributed by atoms with E-state index in [1.54, 1.807) is 24.3 Å². The third-order valence-corrected chi connectivity index (χ3v) is 5.93. The van der Waals surface area contributed by atoms with Gasteiger partial charge in [0.2, 0.25) is 5.91 Å². The lowest BCUT2D eigenvalue weighted by atomic mass is 10.3. The van der Waals surface area contributed by atoms with Crippen LogP contribution in [0.5, 0.6) is 11.5 Å². The average Bonchev–Trinajstić information content (AvgIpc) is 3.01. The van der Waals surface area contributed by atoms with E-state index >= 15 is 0 Å². The number of aromatic nitrogens is 2. The molecule has 1 aliphatic heterocycles. The molecule has 0 fully saturated rings. The average molecular weight is 456 g/mol. The summed E-state index contributed by atoms with van der Waals surface area (Å²) in [5, 5.41) is 2.65. The van der Waals surface area contributed by atoms with Gasteiger partial charge in [0.15, 0.2) is 11.5 Å². The summed E-state index contributed by atoms with van der Waals surface area (Å²) < 4.78 is 40.3. The Morgan fingerprint density at radius 1 is 1.03 bits per heavy atom. The lowest BCUT2D eigenvalue weighted by Gasteiger charge is -2.12. The molecule has 4 rings (SSSR count). The number of anilines is 2. The third kappa shape index (κ3) is 5.06. The summed E-state index contributed by atoms with van der Waals surface area (Å²) in [7, 11) is -3.86. The van der Waals surface area contributed by atoms with Gasteiger partial charge in [-0.05, 0) is 42.5 Å². The Bertz CT molecular complexity index is 1290. The maximum Gasteiger partial charge on any atom is 0.347 e. The summed E-state index contributed by atoms with van der Waals surface area (Å²) in [5.41, 5.74) is 0.242. The van der Waals surface area contributed by atoms with Crippen molar-refractivity contribution in [2.24, 2.45) is 0 Å². The summed E-state index contributed by atoms with van der Waals surface area (Å²) in [4.78, 5) is 27.4. The monoisotopic (exact) mass is 456 g/mol. The van der Waals surface area contributed by atoms with E-state index in [-0.39, 0.29) is 11.4 Å². The zero-order valence-corrected chi connectivity index (χ0v) is 17.7. The molecule has 0 bridgehead atoms. The Morgan fingerprint density at radius 2 is 1.75 bits per heavy atom. The summed E-state index contributed by atoms with van der Waals surface area (Å²) in [6.07, 6.45) is 3.53. The van der Waals surface area contributed by atoms with E-state index < -0.39 is 21.6 Å². The number of hydrogen-bond acceptors (Lipinski definition) is 7. The number of nitrogens with zero attached hydrogens (tertiary/aromatic N) is 2. The first kappa shape index (κ1) is 21.4. The van der Waals surface area contributed by atoms with E-state index in [0.29, 0.717) is 36.1 Å². The second kappa shape index (κ2) is 9.10. The maximum atomic E-state index is 12.8. The number of hydrogen-bond donors (Lipinski definition) is 2. The van der Waals surface area contributed by atoms with Gasteiger partial charge in [-0.25, -0.2) is 18.2 Å². The normalized spacial score (nSPS) is 13.1. The zero-order chi connectivity index (χ0) is 22.6. The molecule has 1 aliphatic rings. The van der Waals surface area contributed by atoms with Crippen LogP contribution in [0, 0.1) is 0 Å². The van der Waals surface area contributed by atoms with Crippen molar-refractivity contribution in [3.8, 4) is 11.5 Å². The molecule has 2 N–H and O–H groups in total. The van der Waals surface area contributed by atoms with E-state index in [0.717, 1.165) is 6.42 Å². The summed E-state index contributed by atoms with van der Waals surface area (Å²) in [6, 6.07) is 12.1. The van der Waals surface area contributed by atoms with Crippen LogP contribution in [0.4, 0.5) is 11.4 Å². The molecule has 1 aromatic heterocycles. The van der Waals surface area contributed by atoms with Crippen molar-refractivity contribution in [2.45, 2.75) is 17.9 Å². The molecule has 166 valence electrons. The molecule has 2 aromatic carbocycles. The standard InChI is InChI=1S/C21H20N4O6S/c26-20(14-25-10-1-9-22-21(25)27)23-15-3-5-16(6-4-15)24-32(28,29)17-7-8-18-19(13-17)31-12-2-11-30-18/h1,3-10,13,24H,2,11-12,14H2,(H,23,26). The fourth-order valence-corrected chi connectivity index (χ4v) is 4.08. The molecule has 0 aliphatic carbocycles. The Labute approximate surface area is 183 Å². The lowest BCUT2D eigenvalue weighted by Crippen LogP contribution is -2.28. The summed E-state index contributed by atoms with van der Waals surface area (Å²) >= 11 is 0. The molecule has 3 aromatic rings. The first-order chi connectivity index (χ1) is 15.4. The number of sulfonamides is 1. The van der Waals surface area contributed by atoms with Gasteiger partial charge in [-0.2, -0.15) is 0 Å². The molecular weight excluding hydrogens is 436 g/mol. The van der Waals surface area contributed by atoms with Crippen molar-refractivity contribution in [1.29, 1.82) is 0 Å². The van der Waals surface area contributed by atoms with Gasteiger partial charge >= 0.3 is 5.69 Å². The Balaban J connectivity index is 1.42. The number of nitrogens with one attached hydrogen (secondary N) is 2.